The predicted octanol–water partition coefficient (Wildman–Crippen LogP) is 1.10. The van der Waals surface area contributed by atoms with Gasteiger partial charge in [0.1, 0.15) is 6.17 Å². The largest absolute Gasteiger partial charge is 0.313 e. The van der Waals surface area contributed by atoms with Crippen molar-refractivity contribution in [1.29, 1.82) is 0 Å². The maximum absolute atomic E-state index is 12.7. The normalized spacial score (nSPS) is 39.0. The number of hydrogen-bond acceptors (Lipinski definition) is 1. The molecule has 1 nitrogen and oxygen atoms in total. The smallest absolute Gasteiger partial charge is 0.113 e. The molecular formula is C7H12FN. The van der Waals surface area contributed by atoms with Crippen molar-refractivity contribution >= 4 is 0 Å². The predicted molar refractivity (Wildman–Crippen MR) is 34.0 cm³/mol. The zero-order valence-corrected chi connectivity index (χ0v) is 5.49. The van der Waals surface area contributed by atoms with Crippen LogP contribution in [0.5, 0.6) is 0 Å². The Kier molecular flexibility index (Phi) is 1.06. The van der Waals surface area contributed by atoms with Gasteiger partial charge in [-0.1, -0.05) is 0 Å². The molecule has 0 amide bonds. The van der Waals surface area contributed by atoms with Gasteiger partial charge in [0.05, 0.1) is 0 Å². The summed E-state index contributed by atoms with van der Waals surface area (Å²) >= 11 is 0. The lowest BCUT2D eigenvalue weighted by Gasteiger charge is -2.24. The molecule has 2 rings (SSSR count). The Morgan fingerprint density at radius 1 is 1.44 bits per heavy atom. The van der Waals surface area contributed by atoms with Gasteiger partial charge in [-0.15, -0.1) is 0 Å². The van der Waals surface area contributed by atoms with E-state index in [9.17, 15) is 4.39 Å². The minimum absolute atomic E-state index is 0.414. The van der Waals surface area contributed by atoms with Gasteiger partial charge in [-0.3, -0.25) is 0 Å². The van der Waals surface area contributed by atoms with E-state index in [1.54, 1.807) is 0 Å². The molecule has 1 heterocycles. The third-order valence-corrected chi connectivity index (χ3v) is 2.48. The Morgan fingerprint density at radius 3 is 2.67 bits per heavy atom. The molecule has 0 aromatic carbocycles. The van der Waals surface area contributed by atoms with Crippen molar-refractivity contribution in [2.75, 3.05) is 13.1 Å². The van der Waals surface area contributed by atoms with Crippen LogP contribution in [-0.4, -0.2) is 19.3 Å². The Morgan fingerprint density at radius 2 is 2.22 bits per heavy atom. The summed E-state index contributed by atoms with van der Waals surface area (Å²) in [5.74, 6) is 0. The van der Waals surface area contributed by atoms with Gasteiger partial charge in [0.25, 0.3) is 0 Å². The van der Waals surface area contributed by atoms with Gasteiger partial charge >= 0.3 is 0 Å². The summed E-state index contributed by atoms with van der Waals surface area (Å²) in [4.78, 5) is 0. The Bertz CT molecular complexity index is 120. The molecule has 2 aliphatic rings. The zero-order valence-electron chi connectivity index (χ0n) is 5.49. The standard InChI is InChI=1S/C7H12FN/c8-6-3-7(1-2-7)5-9-4-6/h6,9H,1-5H2/t6-/m1/s1. The van der Waals surface area contributed by atoms with E-state index in [1.165, 1.54) is 12.8 Å². The van der Waals surface area contributed by atoms with E-state index in [-0.39, 0.29) is 0 Å². The van der Waals surface area contributed by atoms with E-state index in [1.807, 2.05) is 0 Å². The third-order valence-electron chi connectivity index (χ3n) is 2.48. The van der Waals surface area contributed by atoms with E-state index in [0.717, 1.165) is 13.0 Å². The molecular weight excluding hydrogens is 117 g/mol. The summed E-state index contributed by atoms with van der Waals surface area (Å²) in [7, 11) is 0. The van der Waals surface area contributed by atoms with Crippen molar-refractivity contribution in [3.63, 3.8) is 0 Å². The summed E-state index contributed by atoms with van der Waals surface area (Å²) in [5, 5.41) is 3.11. The fourth-order valence-corrected chi connectivity index (χ4v) is 1.67. The van der Waals surface area contributed by atoms with E-state index in [2.05, 4.69) is 5.32 Å². The van der Waals surface area contributed by atoms with E-state index < -0.39 is 6.17 Å². The number of rotatable bonds is 0. The van der Waals surface area contributed by atoms with Gasteiger partial charge in [-0.25, -0.2) is 4.39 Å². The van der Waals surface area contributed by atoms with Crippen molar-refractivity contribution in [1.82, 2.24) is 5.32 Å². The molecule has 0 aromatic heterocycles. The first-order valence-electron chi connectivity index (χ1n) is 3.66. The third kappa shape index (κ3) is 0.960. The molecule has 1 N–H and O–H groups in total. The van der Waals surface area contributed by atoms with Crippen molar-refractivity contribution in [3.8, 4) is 0 Å². The van der Waals surface area contributed by atoms with Gasteiger partial charge in [-0.05, 0) is 24.7 Å². The van der Waals surface area contributed by atoms with Crippen molar-refractivity contribution in [2.45, 2.75) is 25.4 Å². The highest BCUT2D eigenvalue weighted by atomic mass is 19.1. The molecule has 2 heteroatoms. The molecule has 1 aliphatic carbocycles. The number of halogens is 1. The first-order chi connectivity index (χ1) is 4.31. The summed E-state index contributed by atoms with van der Waals surface area (Å²) in [6.45, 7) is 1.65. The molecule has 9 heavy (non-hydrogen) atoms. The monoisotopic (exact) mass is 129 g/mol. The summed E-state index contributed by atoms with van der Waals surface area (Å²) in [6.07, 6.45) is 2.75. The highest BCUT2D eigenvalue weighted by molar-refractivity contribution is 4.99. The molecule has 2 fully saturated rings. The maximum Gasteiger partial charge on any atom is 0.113 e. The van der Waals surface area contributed by atoms with Crippen LogP contribution in [0.4, 0.5) is 4.39 Å². The van der Waals surface area contributed by atoms with Gasteiger partial charge < -0.3 is 5.32 Å². The van der Waals surface area contributed by atoms with Crippen LogP contribution >= 0.6 is 0 Å². The second-order valence-electron chi connectivity index (χ2n) is 3.43. The summed E-state index contributed by atoms with van der Waals surface area (Å²) < 4.78 is 12.7. The SMILES string of the molecule is F[C@H]1CNCC2(CC2)C1. The van der Waals surface area contributed by atoms with E-state index in [0.29, 0.717) is 12.0 Å². The first-order valence-corrected chi connectivity index (χ1v) is 3.66. The van der Waals surface area contributed by atoms with E-state index >= 15 is 0 Å². The molecule has 1 saturated carbocycles. The molecule has 52 valence electrons. The highest BCUT2D eigenvalue weighted by Crippen LogP contribution is 2.50. The van der Waals surface area contributed by atoms with Gasteiger partial charge in [0.15, 0.2) is 0 Å². The average molecular weight is 129 g/mol. The molecule has 0 bridgehead atoms. The second kappa shape index (κ2) is 1.69. The van der Waals surface area contributed by atoms with Crippen LogP contribution in [0.25, 0.3) is 0 Å². The lowest BCUT2D eigenvalue weighted by Crippen LogP contribution is -2.38. The fraction of sp³-hybridized carbons (Fsp3) is 1.00. The quantitative estimate of drug-likeness (QED) is 0.516. The topological polar surface area (TPSA) is 12.0 Å². The van der Waals surface area contributed by atoms with Crippen LogP contribution in [0, 0.1) is 5.41 Å². The minimum atomic E-state index is -0.568. The van der Waals surface area contributed by atoms with Crippen LogP contribution in [-0.2, 0) is 0 Å². The highest BCUT2D eigenvalue weighted by Gasteiger charge is 2.45. The average Bonchev–Trinajstić information content (AvgIpc) is 2.49. The van der Waals surface area contributed by atoms with Crippen molar-refractivity contribution in [2.24, 2.45) is 5.41 Å². The molecule has 1 aliphatic heterocycles. The van der Waals surface area contributed by atoms with E-state index in [4.69, 9.17) is 0 Å². The van der Waals surface area contributed by atoms with Crippen LogP contribution < -0.4 is 5.32 Å². The number of nitrogens with one attached hydrogen (secondary N) is 1. The molecule has 1 saturated heterocycles. The summed E-state index contributed by atoms with van der Waals surface area (Å²) in [6, 6.07) is 0. The van der Waals surface area contributed by atoms with Gasteiger partial charge in [0, 0.05) is 13.1 Å². The molecule has 1 atom stereocenters. The summed E-state index contributed by atoms with van der Waals surface area (Å²) in [5.41, 5.74) is 0.414. The van der Waals surface area contributed by atoms with Gasteiger partial charge in [-0.2, -0.15) is 0 Å². The lowest BCUT2D eigenvalue weighted by molar-refractivity contribution is 0.202. The van der Waals surface area contributed by atoms with Crippen LogP contribution in [0.1, 0.15) is 19.3 Å². The Balaban J connectivity index is 1.96. The second-order valence-corrected chi connectivity index (χ2v) is 3.43. The van der Waals surface area contributed by atoms with Crippen molar-refractivity contribution < 1.29 is 4.39 Å². The Labute approximate surface area is 54.6 Å². The number of piperidine rings is 1. The number of hydrogen-bond donors (Lipinski definition) is 1. The Hall–Kier alpha value is -0.110. The first kappa shape index (κ1) is 5.66. The maximum atomic E-state index is 12.7. The zero-order chi connectivity index (χ0) is 6.32. The molecule has 0 unspecified atom stereocenters. The van der Waals surface area contributed by atoms with Crippen molar-refractivity contribution in [3.05, 3.63) is 0 Å². The molecule has 0 radical (unpaired) electrons. The number of alkyl halides is 1. The molecule has 0 aromatic rings. The van der Waals surface area contributed by atoms with Crippen LogP contribution in [0.15, 0.2) is 0 Å². The fourth-order valence-electron chi connectivity index (χ4n) is 1.67. The van der Waals surface area contributed by atoms with Crippen LogP contribution in [0.2, 0.25) is 0 Å². The minimum Gasteiger partial charge on any atom is -0.313 e. The molecule has 1 spiro atoms. The lowest BCUT2D eigenvalue weighted by atomic mass is 9.96. The van der Waals surface area contributed by atoms with Crippen LogP contribution in [0.3, 0.4) is 0 Å². The van der Waals surface area contributed by atoms with Gasteiger partial charge in [0.2, 0.25) is 0 Å².